The molecule has 0 radical (unpaired) electrons. The number of aromatic nitrogens is 3. The van der Waals surface area contributed by atoms with Crippen molar-refractivity contribution in [2.45, 2.75) is 19.5 Å². The van der Waals surface area contributed by atoms with Gasteiger partial charge >= 0.3 is 0 Å². The molecule has 2 aromatic heterocycles. The number of rotatable bonds is 8. The normalized spacial score (nSPS) is 11.1. The van der Waals surface area contributed by atoms with Crippen molar-refractivity contribution in [2.75, 3.05) is 20.3 Å². The van der Waals surface area contributed by atoms with E-state index in [0.717, 1.165) is 32.7 Å². The van der Waals surface area contributed by atoms with E-state index in [1.165, 1.54) is 11.3 Å². The van der Waals surface area contributed by atoms with E-state index in [1.807, 2.05) is 17.9 Å². The van der Waals surface area contributed by atoms with E-state index in [2.05, 4.69) is 39.5 Å². The molecule has 19 heavy (non-hydrogen) atoms. The van der Waals surface area contributed by atoms with Crippen LogP contribution in [0, 0.1) is 0 Å². The fourth-order valence-corrected chi connectivity index (χ4v) is 2.07. The fourth-order valence-electron chi connectivity index (χ4n) is 2.07. The van der Waals surface area contributed by atoms with E-state index >= 15 is 0 Å². The minimum absolute atomic E-state index is 0.746. The summed E-state index contributed by atoms with van der Waals surface area (Å²) in [5.41, 5.74) is 2.58. The first-order valence-electron chi connectivity index (χ1n) is 6.61. The number of methoxy groups -OCH3 is 1. The van der Waals surface area contributed by atoms with E-state index in [1.54, 1.807) is 7.11 Å². The number of ether oxygens (including phenoxy) is 1. The number of nitrogens with zero attached hydrogens (tertiary/aromatic N) is 3. The van der Waals surface area contributed by atoms with Crippen molar-refractivity contribution in [1.29, 1.82) is 0 Å². The van der Waals surface area contributed by atoms with Crippen LogP contribution in [0.3, 0.4) is 0 Å². The molecule has 5 nitrogen and oxygen atoms in total. The average molecular weight is 262 g/mol. The van der Waals surface area contributed by atoms with E-state index in [-0.39, 0.29) is 0 Å². The quantitative estimate of drug-likeness (QED) is 0.727. The molecule has 0 aliphatic heterocycles. The van der Waals surface area contributed by atoms with E-state index in [9.17, 15) is 0 Å². The van der Waals surface area contributed by atoms with Crippen molar-refractivity contribution in [3.63, 3.8) is 0 Å². The molecule has 0 unspecified atom stereocenters. The Labute approximate surface area is 114 Å². The maximum atomic E-state index is 5.02. The van der Waals surface area contributed by atoms with Gasteiger partial charge in [-0.25, -0.2) is 0 Å². The summed E-state index contributed by atoms with van der Waals surface area (Å²) in [5.74, 6) is 0. The Morgan fingerprint density at radius 1 is 1.42 bits per heavy atom. The summed E-state index contributed by atoms with van der Waals surface area (Å²) in [5, 5.41) is 7.56. The zero-order valence-corrected chi connectivity index (χ0v) is 11.7. The molecule has 2 aromatic rings. The topological polar surface area (TPSA) is 44.0 Å². The monoisotopic (exact) mass is 262 g/mol. The molecular formula is C14H22N4O. The number of nitrogens with one attached hydrogen (secondary N) is 1. The van der Waals surface area contributed by atoms with Crippen molar-refractivity contribution < 1.29 is 4.74 Å². The predicted octanol–water partition coefficient (Wildman–Crippen LogP) is 1.20. The Kier molecular flexibility index (Phi) is 5.18. The molecule has 2 rings (SSSR count). The van der Waals surface area contributed by atoms with Gasteiger partial charge < -0.3 is 14.6 Å². The zero-order valence-electron chi connectivity index (χ0n) is 11.7. The van der Waals surface area contributed by atoms with E-state index in [0.29, 0.717) is 0 Å². The fraction of sp³-hybridized carbons (Fsp3) is 0.500. The van der Waals surface area contributed by atoms with Crippen LogP contribution in [0.2, 0.25) is 0 Å². The van der Waals surface area contributed by atoms with Gasteiger partial charge in [0.05, 0.1) is 12.8 Å². The Balaban J connectivity index is 1.81. The summed E-state index contributed by atoms with van der Waals surface area (Å²) in [7, 11) is 3.67. The van der Waals surface area contributed by atoms with Crippen LogP contribution in [-0.2, 0) is 31.3 Å². The van der Waals surface area contributed by atoms with Gasteiger partial charge in [0.2, 0.25) is 0 Å². The van der Waals surface area contributed by atoms with Gasteiger partial charge in [-0.2, -0.15) is 5.10 Å². The summed E-state index contributed by atoms with van der Waals surface area (Å²) in [6.45, 7) is 3.49. The molecule has 104 valence electrons. The molecule has 0 bridgehead atoms. The van der Waals surface area contributed by atoms with Gasteiger partial charge in [-0.05, 0) is 24.1 Å². The molecule has 0 fully saturated rings. The Bertz CT molecular complexity index is 489. The lowest BCUT2D eigenvalue weighted by molar-refractivity contribution is 0.199. The lowest BCUT2D eigenvalue weighted by Crippen LogP contribution is -2.20. The second kappa shape index (κ2) is 7.11. The van der Waals surface area contributed by atoms with Gasteiger partial charge in [-0.1, -0.05) is 0 Å². The maximum absolute atomic E-state index is 5.02. The summed E-state index contributed by atoms with van der Waals surface area (Å²) in [6, 6.07) is 4.25. The Hall–Kier alpha value is -1.59. The SMILES string of the molecule is COCCNCc1cccn1CCc1cnn(C)c1. The molecule has 0 saturated carbocycles. The molecule has 0 aliphatic rings. The van der Waals surface area contributed by atoms with Gasteiger partial charge in [0.25, 0.3) is 0 Å². The third kappa shape index (κ3) is 4.22. The van der Waals surface area contributed by atoms with Crippen LogP contribution in [0.4, 0.5) is 0 Å². The van der Waals surface area contributed by atoms with Crippen molar-refractivity contribution in [3.05, 3.63) is 42.0 Å². The largest absolute Gasteiger partial charge is 0.383 e. The van der Waals surface area contributed by atoms with Crippen LogP contribution in [0.15, 0.2) is 30.7 Å². The summed E-state index contributed by atoms with van der Waals surface area (Å²) in [4.78, 5) is 0. The standard InChI is InChI=1S/C14H22N4O/c1-17-12-13(10-16-17)5-8-18-7-3-4-14(18)11-15-6-9-19-2/h3-4,7,10,12,15H,5-6,8-9,11H2,1-2H3. The van der Waals surface area contributed by atoms with Crippen LogP contribution >= 0.6 is 0 Å². The van der Waals surface area contributed by atoms with Crippen molar-refractivity contribution in [1.82, 2.24) is 19.7 Å². The van der Waals surface area contributed by atoms with Crippen molar-refractivity contribution >= 4 is 0 Å². The predicted molar refractivity (Wildman–Crippen MR) is 74.9 cm³/mol. The molecule has 0 atom stereocenters. The molecule has 0 spiro atoms. The van der Waals surface area contributed by atoms with Gasteiger partial charge in [0.15, 0.2) is 0 Å². The molecule has 0 saturated heterocycles. The van der Waals surface area contributed by atoms with Crippen LogP contribution < -0.4 is 5.32 Å². The van der Waals surface area contributed by atoms with E-state index in [4.69, 9.17) is 4.74 Å². The highest BCUT2D eigenvalue weighted by atomic mass is 16.5. The summed E-state index contributed by atoms with van der Waals surface area (Å²) in [6.07, 6.45) is 7.14. The first-order valence-corrected chi connectivity index (χ1v) is 6.61. The maximum Gasteiger partial charge on any atom is 0.0587 e. The molecule has 0 aliphatic carbocycles. The highest BCUT2D eigenvalue weighted by molar-refractivity contribution is 5.09. The minimum atomic E-state index is 0.746. The van der Waals surface area contributed by atoms with Gasteiger partial charge in [-0.15, -0.1) is 0 Å². The second-order valence-electron chi connectivity index (χ2n) is 4.63. The zero-order chi connectivity index (χ0) is 13.5. The Morgan fingerprint density at radius 2 is 2.32 bits per heavy atom. The van der Waals surface area contributed by atoms with Gasteiger partial charge in [-0.3, -0.25) is 4.68 Å². The smallest absolute Gasteiger partial charge is 0.0587 e. The first-order chi connectivity index (χ1) is 9.29. The van der Waals surface area contributed by atoms with Crippen LogP contribution in [0.5, 0.6) is 0 Å². The highest BCUT2D eigenvalue weighted by Gasteiger charge is 2.02. The van der Waals surface area contributed by atoms with Gasteiger partial charge in [0.1, 0.15) is 0 Å². The Morgan fingerprint density at radius 3 is 3.05 bits per heavy atom. The number of hydrogen-bond acceptors (Lipinski definition) is 3. The lowest BCUT2D eigenvalue weighted by atomic mass is 10.2. The van der Waals surface area contributed by atoms with E-state index < -0.39 is 0 Å². The minimum Gasteiger partial charge on any atom is -0.383 e. The molecule has 0 amide bonds. The molecule has 2 heterocycles. The summed E-state index contributed by atoms with van der Waals surface area (Å²) >= 11 is 0. The second-order valence-corrected chi connectivity index (χ2v) is 4.63. The van der Waals surface area contributed by atoms with Crippen molar-refractivity contribution in [3.8, 4) is 0 Å². The molecule has 0 aromatic carbocycles. The van der Waals surface area contributed by atoms with Crippen LogP contribution in [-0.4, -0.2) is 34.6 Å². The lowest BCUT2D eigenvalue weighted by Gasteiger charge is -2.09. The van der Waals surface area contributed by atoms with Crippen LogP contribution in [0.25, 0.3) is 0 Å². The first kappa shape index (κ1) is 13.8. The van der Waals surface area contributed by atoms with Crippen molar-refractivity contribution in [2.24, 2.45) is 7.05 Å². The highest BCUT2D eigenvalue weighted by Crippen LogP contribution is 2.05. The summed E-state index contributed by atoms with van der Waals surface area (Å²) < 4.78 is 9.15. The average Bonchev–Trinajstić information content (AvgIpc) is 3.01. The number of aryl methyl sites for hydroxylation is 3. The van der Waals surface area contributed by atoms with Crippen LogP contribution in [0.1, 0.15) is 11.3 Å². The van der Waals surface area contributed by atoms with Gasteiger partial charge in [0, 0.05) is 51.9 Å². The number of hydrogen-bond donors (Lipinski definition) is 1. The molecule has 1 N–H and O–H groups in total. The molecule has 5 heteroatoms. The molecular weight excluding hydrogens is 240 g/mol. The third-order valence-electron chi connectivity index (χ3n) is 3.11. The third-order valence-corrected chi connectivity index (χ3v) is 3.11.